The quantitative estimate of drug-likeness (QED) is 0.812. The summed E-state index contributed by atoms with van der Waals surface area (Å²) in [5.41, 5.74) is 2.88. The molecular weight excluding hydrogens is 344 g/mol. The zero-order valence-electron chi connectivity index (χ0n) is 15.9. The lowest BCUT2D eigenvalue weighted by Gasteiger charge is -2.30. The molecule has 6 nitrogen and oxygen atoms in total. The number of nitrogens with one attached hydrogen (secondary N) is 1. The first-order chi connectivity index (χ1) is 13.2. The maximum absolute atomic E-state index is 12.5. The minimum Gasteiger partial charge on any atom is -0.497 e. The lowest BCUT2D eigenvalue weighted by atomic mass is 10.1. The van der Waals surface area contributed by atoms with Crippen LogP contribution >= 0.6 is 0 Å². The van der Waals surface area contributed by atoms with Gasteiger partial charge in [0, 0.05) is 25.6 Å². The molecule has 0 bridgehead atoms. The van der Waals surface area contributed by atoms with Gasteiger partial charge in [-0.2, -0.15) is 0 Å². The summed E-state index contributed by atoms with van der Waals surface area (Å²) in [4.78, 5) is 14.8. The van der Waals surface area contributed by atoms with Crippen molar-refractivity contribution in [2.75, 3.05) is 50.7 Å². The fourth-order valence-electron chi connectivity index (χ4n) is 3.14. The normalized spacial score (nSPS) is 13.9. The smallest absolute Gasteiger partial charge is 0.224 e. The molecule has 0 spiro atoms. The van der Waals surface area contributed by atoms with E-state index in [-0.39, 0.29) is 5.91 Å². The molecule has 1 amide bonds. The first kappa shape index (κ1) is 19.0. The first-order valence-electron chi connectivity index (χ1n) is 9.13. The van der Waals surface area contributed by atoms with E-state index in [1.807, 2.05) is 42.5 Å². The molecule has 1 heterocycles. The van der Waals surface area contributed by atoms with Gasteiger partial charge in [0.05, 0.1) is 38.8 Å². The SMILES string of the molecule is COc1cc(CCC(=O)Nc2ccccc2N2CCOCC2)cc(OC)c1. The second-order valence-electron chi connectivity index (χ2n) is 6.39. The number of anilines is 2. The van der Waals surface area contributed by atoms with Crippen LogP contribution in [0.5, 0.6) is 11.5 Å². The van der Waals surface area contributed by atoms with Crippen molar-refractivity contribution in [3.8, 4) is 11.5 Å². The van der Waals surface area contributed by atoms with Crippen molar-refractivity contribution in [2.24, 2.45) is 0 Å². The van der Waals surface area contributed by atoms with E-state index >= 15 is 0 Å². The number of aryl methyl sites for hydroxylation is 1. The number of carbonyl (C=O) groups excluding carboxylic acids is 1. The van der Waals surface area contributed by atoms with Crippen LogP contribution in [-0.2, 0) is 16.0 Å². The fourth-order valence-corrected chi connectivity index (χ4v) is 3.14. The van der Waals surface area contributed by atoms with E-state index < -0.39 is 0 Å². The largest absolute Gasteiger partial charge is 0.497 e. The van der Waals surface area contributed by atoms with Crippen LogP contribution < -0.4 is 19.7 Å². The molecule has 3 rings (SSSR count). The number of hydrogen-bond donors (Lipinski definition) is 1. The minimum atomic E-state index is -0.0162. The molecule has 2 aromatic rings. The van der Waals surface area contributed by atoms with Gasteiger partial charge in [0.15, 0.2) is 0 Å². The molecule has 1 N–H and O–H groups in total. The second kappa shape index (κ2) is 9.28. The summed E-state index contributed by atoms with van der Waals surface area (Å²) in [6.07, 6.45) is 0.993. The highest BCUT2D eigenvalue weighted by molar-refractivity contribution is 5.94. The monoisotopic (exact) mass is 370 g/mol. The molecule has 1 aliphatic heterocycles. The molecule has 0 radical (unpaired) electrons. The Balaban J connectivity index is 1.63. The predicted molar refractivity (Wildman–Crippen MR) is 106 cm³/mol. The van der Waals surface area contributed by atoms with Gasteiger partial charge in [0.1, 0.15) is 11.5 Å². The summed E-state index contributed by atoms with van der Waals surface area (Å²) in [5, 5.41) is 3.05. The van der Waals surface area contributed by atoms with Gasteiger partial charge < -0.3 is 24.4 Å². The van der Waals surface area contributed by atoms with Gasteiger partial charge in [-0.1, -0.05) is 12.1 Å². The zero-order chi connectivity index (χ0) is 19.1. The number of morpholine rings is 1. The Hall–Kier alpha value is -2.73. The van der Waals surface area contributed by atoms with Crippen LogP contribution in [0.25, 0.3) is 0 Å². The van der Waals surface area contributed by atoms with E-state index in [0.29, 0.717) is 26.1 Å². The van der Waals surface area contributed by atoms with Crippen molar-refractivity contribution in [3.05, 3.63) is 48.0 Å². The number of carbonyl (C=O) groups is 1. The Morgan fingerprint density at radius 1 is 1.07 bits per heavy atom. The van der Waals surface area contributed by atoms with Gasteiger partial charge in [-0.3, -0.25) is 4.79 Å². The number of methoxy groups -OCH3 is 2. The molecule has 1 saturated heterocycles. The number of ether oxygens (including phenoxy) is 3. The summed E-state index contributed by atoms with van der Waals surface area (Å²) >= 11 is 0. The zero-order valence-corrected chi connectivity index (χ0v) is 15.9. The summed E-state index contributed by atoms with van der Waals surface area (Å²) in [6, 6.07) is 13.6. The average Bonchev–Trinajstić information content (AvgIpc) is 2.73. The predicted octanol–water partition coefficient (Wildman–Crippen LogP) is 3.11. The summed E-state index contributed by atoms with van der Waals surface area (Å²) < 4.78 is 16.0. The lowest BCUT2D eigenvalue weighted by Crippen LogP contribution is -2.36. The molecule has 1 fully saturated rings. The van der Waals surface area contributed by atoms with Crippen LogP contribution in [0.1, 0.15) is 12.0 Å². The Kier molecular flexibility index (Phi) is 6.54. The second-order valence-corrected chi connectivity index (χ2v) is 6.39. The number of hydrogen-bond acceptors (Lipinski definition) is 5. The Bertz CT molecular complexity index is 750. The van der Waals surface area contributed by atoms with Crippen molar-refractivity contribution < 1.29 is 19.0 Å². The molecule has 0 aromatic heterocycles. The lowest BCUT2D eigenvalue weighted by molar-refractivity contribution is -0.116. The fraction of sp³-hybridized carbons (Fsp3) is 0.381. The van der Waals surface area contributed by atoms with Crippen LogP contribution in [0, 0.1) is 0 Å². The van der Waals surface area contributed by atoms with E-state index in [1.165, 1.54) is 0 Å². The molecule has 6 heteroatoms. The third-order valence-electron chi connectivity index (χ3n) is 4.58. The van der Waals surface area contributed by atoms with Crippen molar-refractivity contribution in [1.82, 2.24) is 0 Å². The van der Waals surface area contributed by atoms with Crippen LogP contribution in [0.15, 0.2) is 42.5 Å². The molecular formula is C21H26N2O4. The Morgan fingerprint density at radius 3 is 2.41 bits per heavy atom. The van der Waals surface area contributed by atoms with E-state index in [1.54, 1.807) is 14.2 Å². The van der Waals surface area contributed by atoms with Crippen LogP contribution in [0.3, 0.4) is 0 Å². The number of benzene rings is 2. The number of para-hydroxylation sites is 2. The maximum Gasteiger partial charge on any atom is 0.224 e. The third kappa shape index (κ3) is 5.14. The van der Waals surface area contributed by atoms with Gasteiger partial charge >= 0.3 is 0 Å². The summed E-state index contributed by atoms with van der Waals surface area (Å²) in [6.45, 7) is 3.08. The highest BCUT2D eigenvalue weighted by atomic mass is 16.5. The summed E-state index contributed by atoms with van der Waals surface area (Å²) in [5.74, 6) is 1.43. The van der Waals surface area contributed by atoms with Gasteiger partial charge in [0.2, 0.25) is 5.91 Å². The van der Waals surface area contributed by atoms with E-state index in [2.05, 4.69) is 10.2 Å². The third-order valence-corrected chi connectivity index (χ3v) is 4.58. The molecule has 0 aliphatic carbocycles. The summed E-state index contributed by atoms with van der Waals surface area (Å²) in [7, 11) is 3.24. The highest BCUT2D eigenvalue weighted by Gasteiger charge is 2.15. The highest BCUT2D eigenvalue weighted by Crippen LogP contribution is 2.27. The molecule has 0 unspecified atom stereocenters. The number of rotatable bonds is 7. The van der Waals surface area contributed by atoms with Crippen molar-refractivity contribution in [3.63, 3.8) is 0 Å². The molecule has 1 aliphatic rings. The molecule has 27 heavy (non-hydrogen) atoms. The molecule has 144 valence electrons. The first-order valence-corrected chi connectivity index (χ1v) is 9.13. The standard InChI is InChI=1S/C21H26N2O4/c1-25-17-13-16(14-18(15-17)26-2)7-8-21(24)22-19-5-3-4-6-20(19)23-9-11-27-12-10-23/h3-6,13-15H,7-12H2,1-2H3,(H,22,24). The average molecular weight is 370 g/mol. The number of nitrogens with zero attached hydrogens (tertiary/aromatic N) is 1. The molecule has 2 aromatic carbocycles. The van der Waals surface area contributed by atoms with Crippen LogP contribution in [0.2, 0.25) is 0 Å². The van der Waals surface area contributed by atoms with E-state index in [4.69, 9.17) is 14.2 Å². The van der Waals surface area contributed by atoms with Crippen LogP contribution in [-0.4, -0.2) is 46.4 Å². The van der Waals surface area contributed by atoms with Gasteiger partial charge in [-0.15, -0.1) is 0 Å². The van der Waals surface area contributed by atoms with Gasteiger partial charge in [0.25, 0.3) is 0 Å². The Labute approximate surface area is 160 Å². The Morgan fingerprint density at radius 2 is 1.74 bits per heavy atom. The van der Waals surface area contributed by atoms with Crippen LogP contribution in [0.4, 0.5) is 11.4 Å². The number of amides is 1. The van der Waals surface area contributed by atoms with E-state index in [0.717, 1.165) is 41.5 Å². The van der Waals surface area contributed by atoms with Crippen molar-refractivity contribution in [2.45, 2.75) is 12.8 Å². The molecule has 0 atom stereocenters. The molecule has 0 saturated carbocycles. The van der Waals surface area contributed by atoms with Gasteiger partial charge in [-0.05, 0) is 36.2 Å². The topological polar surface area (TPSA) is 60.0 Å². The van der Waals surface area contributed by atoms with Gasteiger partial charge in [-0.25, -0.2) is 0 Å². The van der Waals surface area contributed by atoms with Crippen molar-refractivity contribution in [1.29, 1.82) is 0 Å². The van der Waals surface area contributed by atoms with Crippen molar-refractivity contribution >= 4 is 17.3 Å². The van der Waals surface area contributed by atoms with E-state index in [9.17, 15) is 4.79 Å². The minimum absolute atomic E-state index is 0.0162. The maximum atomic E-state index is 12.5.